The lowest BCUT2D eigenvalue weighted by molar-refractivity contribution is -0.136. The number of ether oxygens (including phenoxy) is 2. The van der Waals surface area contributed by atoms with Crippen LogP contribution < -0.4 is 10.6 Å². The van der Waals surface area contributed by atoms with E-state index in [0.29, 0.717) is 40.1 Å². The molecular weight excluding hydrogens is 945 g/mol. The molecule has 2 saturated heterocycles. The van der Waals surface area contributed by atoms with E-state index in [4.69, 9.17) is 19.4 Å². The zero-order valence-electron chi connectivity index (χ0n) is 41.7. The number of likely N-dealkylation sites (tertiary alicyclic amines) is 2. The highest BCUT2D eigenvalue weighted by molar-refractivity contribution is 5.89. The Morgan fingerprint density at radius 3 is 1.56 bits per heavy atom. The third kappa shape index (κ3) is 10.2. The van der Waals surface area contributed by atoms with Crippen LogP contribution in [0.1, 0.15) is 99.4 Å². The third-order valence-corrected chi connectivity index (χ3v) is 14.6. The molecule has 2 aliphatic heterocycles. The Morgan fingerprint density at radius 1 is 0.616 bits per heavy atom. The molecule has 4 aliphatic carbocycles. The van der Waals surface area contributed by atoms with Gasteiger partial charge in [-0.15, -0.1) is 0 Å². The number of amides is 4. The summed E-state index contributed by atoms with van der Waals surface area (Å²) in [5.74, 6) is -0.897. The molecule has 2 fully saturated rings. The van der Waals surface area contributed by atoms with E-state index in [1.54, 1.807) is 27.7 Å². The molecule has 4 aromatic carbocycles. The maximum atomic E-state index is 14.1. The molecule has 6 aromatic rings. The molecule has 382 valence electrons. The second-order valence-electron chi connectivity index (χ2n) is 20.0. The maximum absolute atomic E-state index is 14.1. The van der Waals surface area contributed by atoms with Crippen molar-refractivity contribution in [2.75, 3.05) is 27.3 Å². The van der Waals surface area contributed by atoms with Gasteiger partial charge in [0, 0.05) is 37.1 Å². The SMILES string of the molecule is COC(=O)N[C@H](C(=O)N1CC(=C(F)F)C[C@H]1c1nc2ccc(-c3cc4ccc3CCc3ccc(c(-c5ccc6nc([C@@H]7CC(=C(F)F)CN7C(=O)[C@@H](NC(=O)OC)C(C)C)[nH]c6c5)c3)C[C@H]4C)cc2[nH]1)C(C)C. The summed E-state index contributed by atoms with van der Waals surface area (Å²) < 4.78 is 66.0. The number of imidazole rings is 2. The van der Waals surface area contributed by atoms with Gasteiger partial charge in [0.25, 0.3) is 12.2 Å². The van der Waals surface area contributed by atoms with Crippen molar-refractivity contribution in [3.8, 4) is 22.3 Å². The number of nitrogens with zero attached hydrogens (tertiary/aromatic N) is 4. The molecule has 0 spiro atoms. The summed E-state index contributed by atoms with van der Waals surface area (Å²) in [7, 11) is 2.39. The van der Waals surface area contributed by atoms with Crippen LogP contribution in [-0.2, 0) is 38.3 Å². The summed E-state index contributed by atoms with van der Waals surface area (Å²) in [5.41, 5.74) is 10.9. The number of H-pyrrole nitrogens is 2. The van der Waals surface area contributed by atoms with Crippen LogP contribution in [0, 0.1) is 11.8 Å². The zero-order valence-corrected chi connectivity index (χ0v) is 41.7. The Morgan fingerprint density at radius 2 is 1.10 bits per heavy atom. The number of alkyl carbamates (subject to hydrolysis) is 2. The van der Waals surface area contributed by atoms with Gasteiger partial charge in [-0.05, 0) is 106 Å². The van der Waals surface area contributed by atoms with Crippen molar-refractivity contribution in [1.29, 1.82) is 0 Å². The first kappa shape index (κ1) is 50.4. The molecule has 0 saturated carbocycles. The molecule has 6 aliphatic rings. The summed E-state index contributed by atoms with van der Waals surface area (Å²) in [6, 6.07) is 21.4. The van der Waals surface area contributed by atoms with Gasteiger partial charge in [-0.25, -0.2) is 19.6 Å². The van der Waals surface area contributed by atoms with Crippen LogP contribution in [0.4, 0.5) is 27.2 Å². The fourth-order valence-electron chi connectivity index (χ4n) is 10.5. The fourth-order valence-corrected chi connectivity index (χ4v) is 10.5. The first-order valence-electron chi connectivity index (χ1n) is 24.5. The van der Waals surface area contributed by atoms with E-state index in [1.165, 1.54) is 24.0 Å². The van der Waals surface area contributed by atoms with Gasteiger partial charge in [-0.3, -0.25) is 9.59 Å². The highest BCUT2D eigenvalue weighted by Gasteiger charge is 2.42. The molecule has 12 rings (SSSR count). The Kier molecular flexibility index (Phi) is 14.2. The van der Waals surface area contributed by atoms with Crippen LogP contribution >= 0.6 is 0 Å². The average Bonchev–Trinajstić information content (AvgIpc) is 4.20. The molecular formula is C55H58F4N8O6. The zero-order chi connectivity index (χ0) is 52.0. The number of fused-ring (bicyclic) bond motifs is 2. The summed E-state index contributed by atoms with van der Waals surface area (Å²) in [6.45, 7) is 8.64. The number of rotatable bonds is 10. The van der Waals surface area contributed by atoms with Gasteiger partial charge in [-0.1, -0.05) is 83.1 Å². The van der Waals surface area contributed by atoms with Crippen LogP contribution in [-0.4, -0.2) is 93.1 Å². The van der Waals surface area contributed by atoms with Gasteiger partial charge in [0.15, 0.2) is 0 Å². The first-order valence-corrected chi connectivity index (χ1v) is 24.5. The van der Waals surface area contributed by atoms with Gasteiger partial charge in [-0.2, -0.15) is 17.6 Å². The van der Waals surface area contributed by atoms with Crippen molar-refractivity contribution in [1.82, 2.24) is 40.4 Å². The minimum Gasteiger partial charge on any atom is -0.453 e. The largest absolute Gasteiger partial charge is 0.453 e. The van der Waals surface area contributed by atoms with E-state index in [-0.39, 0.29) is 54.8 Å². The van der Waals surface area contributed by atoms with Gasteiger partial charge < -0.3 is 39.9 Å². The van der Waals surface area contributed by atoms with E-state index in [1.807, 2.05) is 36.4 Å². The number of aromatic nitrogens is 4. The number of benzene rings is 4. The third-order valence-electron chi connectivity index (χ3n) is 14.6. The average molecular weight is 1000 g/mol. The van der Waals surface area contributed by atoms with Crippen LogP contribution in [0.3, 0.4) is 0 Å². The second-order valence-corrected chi connectivity index (χ2v) is 20.0. The molecule has 14 nitrogen and oxygen atoms in total. The number of halogens is 4. The molecule has 0 unspecified atom stereocenters. The van der Waals surface area contributed by atoms with E-state index in [2.05, 4.69) is 63.9 Å². The molecule has 4 bridgehead atoms. The standard InChI is InChI=1S/C55H58F4N8O6/c1-27(2)46(64-54(70)72-6)52(68)66-25-36(48(56)57)23-44(66)50-60-40-16-14-34(21-42(40)62-50)38-19-30-8-10-31-12-13-32(29(5)18-33(38)11-9-30)20-39(31)35-15-17-41-43(22-35)63-51(61-41)45-24-37(49(58)59)26-67(45)53(69)47(28(3)4)65-55(71)73-7/h9,11-17,19-22,27-29,44-47H,8,10,18,23-26H2,1-7H3,(H,60,62)(H,61,63)(H,64,70)(H,65,71)/t29-,44+,45+,46+,47+/m1/s1. The lowest BCUT2D eigenvalue weighted by Crippen LogP contribution is -2.51. The number of hydrogen-bond acceptors (Lipinski definition) is 8. The van der Waals surface area contributed by atoms with Crippen molar-refractivity contribution in [2.45, 2.75) is 96.8 Å². The monoisotopic (exact) mass is 1000 g/mol. The normalized spacial score (nSPS) is 18.6. The minimum absolute atomic E-state index is 0.0848. The summed E-state index contributed by atoms with van der Waals surface area (Å²) >= 11 is 0. The predicted octanol–water partition coefficient (Wildman–Crippen LogP) is 10.8. The fraction of sp³-hybridized carbons (Fsp3) is 0.382. The lowest BCUT2D eigenvalue weighted by atomic mass is 9.84. The van der Waals surface area contributed by atoms with E-state index < -0.39 is 60.3 Å². The molecule has 2 aromatic heterocycles. The Labute approximate surface area is 419 Å². The maximum Gasteiger partial charge on any atom is 0.407 e. The van der Waals surface area contributed by atoms with Crippen LogP contribution in [0.5, 0.6) is 0 Å². The Bertz CT molecular complexity index is 3210. The van der Waals surface area contributed by atoms with E-state index in [0.717, 1.165) is 57.3 Å². The number of carbonyl (C=O) groups excluding carboxylic acids is 4. The van der Waals surface area contributed by atoms with Crippen molar-refractivity contribution in [2.24, 2.45) is 11.8 Å². The summed E-state index contributed by atoms with van der Waals surface area (Å²) in [4.78, 5) is 71.3. The molecule has 4 heterocycles. The molecule has 18 heteroatoms. The molecule has 4 amide bonds. The predicted molar refractivity (Wildman–Crippen MR) is 268 cm³/mol. The van der Waals surface area contributed by atoms with Crippen LogP contribution in [0.2, 0.25) is 0 Å². The molecule has 73 heavy (non-hydrogen) atoms. The Balaban J connectivity index is 0.986. The van der Waals surface area contributed by atoms with Gasteiger partial charge in [0.1, 0.15) is 23.7 Å². The van der Waals surface area contributed by atoms with Gasteiger partial charge in [0.05, 0.1) is 48.4 Å². The highest BCUT2D eigenvalue weighted by atomic mass is 19.3. The van der Waals surface area contributed by atoms with Crippen LogP contribution in [0.25, 0.3) is 44.3 Å². The topological polar surface area (TPSA) is 175 Å². The minimum atomic E-state index is -1.84. The Hall–Kier alpha value is -7.50. The number of aromatic amines is 2. The van der Waals surface area contributed by atoms with E-state index >= 15 is 0 Å². The van der Waals surface area contributed by atoms with Gasteiger partial charge >= 0.3 is 12.2 Å². The van der Waals surface area contributed by atoms with E-state index in [9.17, 15) is 36.7 Å². The molecule has 5 atom stereocenters. The second kappa shape index (κ2) is 20.5. The molecule has 4 N–H and O–H groups in total. The first-order chi connectivity index (χ1) is 34.9. The summed E-state index contributed by atoms with van der Waals surface area (Å²) in [6.07, 6.45) is -3.33. The number of carbonyl (C=O) groups is 4. The van der Waals surface area contributed by atoms with Crippen molar-refractivity contribution < 1.29 is 46.2 Å². The number of hydrogen-bond donors (Lipinski definition) is 4. The number of nitrogens with one attached hydrogen (secondary N) is 4. The summed E-state index contributed by atoms with van der Waals surface area (Å²) in [5, 5.41) is 5.13. The lowest BCUT2D eigenvalue weighted by Gasteiger charge is -2.29. The number of aryl methyl sites for hydroxylation is 2. The smallest absolute Gasteiger partial charge is 0.407 e. The highest BCUT2D eigenvalue weighted by Crippen LogP contribution is 2.41. The van der Waals surface area contributed by atoms with Crippen molar-refractivity contribution in [3.63, 3.8) is 0 Å². The molecule has 0 radical (unpaired) electrons. The van der Waals surface area contributed by atoms with Gasteiger partial charge in [0.2, 0.25) is 11.8 Å². The van der Waals surface area contributed by atoms with Crippen molar-refractivity contribution >= 4 is 46.1 Å². The van der Waals surface area contributed by atoms with Crippen LogP contribution in [0.15, 0.2) is 96.1 Å². The quantitative estimate of drug-likeness (QED) is 0.0981. The van der Waals surface area contributed by atoms with Crippen molar-refractivity contribution in [3.05, 3.63) is 130 Å². The number of methoxy groups -OCH3 is 2.